The van der Waals surface area contributed by atoms with Gasteiger partial charge in [-0.15, -0.1) is 0 Å². The predicted octanol–water partition coefficient (Wildman–Crippen LogP) is 3.47. The van der Waals surface area contributed by atoms with E-state index in [0.717, 1.165) is 41.7 Å². The maximum absolute atomic E-state index is 12.6. The highest BCUT2D eigenvalue weighted by atomic mass is 79.9. The molecule has 104 valence electrons. The molecule has 3 rings (SSSR count). The second kappa shape index (κ2) is 5.79. The van der Waals surface area contributed by atoms with Gasteiger partial charge in [0.15, 0.2) is 0 Å². The largest absolute Gasteiger partial charge is 0.339 e. The van der Waals surface area contributed by atoms with Crippen molar-refractivity contribution >= 4 is 21.8 Å². The molecule has 20 heavy (non-hydrogen) atoms. The van der Waals surface area contributed by atoms with Crippen LogP contribution in [0, 0.1) is 0 Å². The summed E-state index contributed by atoms with van der Waals surface area (Å²) in [4.78, 5) is 14.5. The van der Waals surface area contributed by atoms with Gasteiger partial charge >= 0.3 is 0 Å². The third-order valence-electron chi connectivity index (χ3n) is 3.63. The normalized spacial score (nSPS) is 15.3. The molecule has 0 saturated carbocycles. The van der Waals surface area contributed by atoms with E-state index in [1.54, 1.807) is 6.20 Å². The van der Waals surface area contributed by atoms with Crippen LogP contribution in [0.2, 0.25) is 0 Å². The number of carbonyl (C=O) groups is 1. The van der Waals surface area contributed by atoms with Crippen LogP contribution >= 0.6 is 15.9 Å². The molecule has 1 aliphatic heterocycles. The molecule has 1 aliphatic rings. The van der Waals surface area contributed by atoms with Gasteiger partial charge in [-0.2, -0.15) is 5.10 Å². The Bertz CT molecular complexity index is 617. The van der Waals surface area contributed by atoms with Crippen molar-refractivity contribution in [3.05, 3.63) is 40.5 Å². The molecule has 2 heterocycles. The van der Waals surface area contributed by atoms with Crippen LogP contribution in [-0.2, 0) is 0 Å². The topological polar surface area (TPSA) is 49.0 Å². The number of carbonyl (C=O) groups excluding carboxylic acids is 1. The number of H-pyrrole nitrogens is 1. The predicted molar refractivity (Wildman–Crippen MR) is 81.5 cm³/mol. The van der Waals surface area contributed by atoms with Crippen LogP contribution in [0.4, 0.5) is 0 Å². The van der Waals surface area contributed by atoms with Gasteiger partial charge in [0.2, 0.25) is 0 Å². The lowest BCUT2D eigenvalue weighted by molar-refractivity contribution is 0.0725. The van der Waals surface area contributed by atoms with Crippen LogP contribution < -0.4 is 0 Å². The number of likely N-dealkylation sites (tertiary alicyclic amines) is 1. The molecule has 0 unspecified atom stereocenters. The molecule has 1 amide bonds. The number of piperidine rings is 1. The van der Waals surface area contributed by atoms with Crippen molar-refractivity contribution in [1.82, 2.24) is 15.1 Å². The average molecular weight is 334 g/mol. The van der Waals surface area contributed by atoms with Crippen LogP contribution in [0.15, 0.2) is 34.9 Å². The minimum atomic E-state index is 0.0772. The summed E-state index contributed by atoms with van der Waals surface area (Å²) in [5.74, 6) is 0.0772. The van der Waals surface area contributed by atoms with Gasteiger partial charge in [0.25, 0.3) is 5.91 Å². The zero-order valence-electron chi connectivity index (χ0n) is 11.1. The number of nitrogens with zero attached hydrogens (tertiary/aromatic N) is 2. The number of nitrogens with one attached hydrogen (secondary N) is 1. The molecule has 5 heteroatoms. The van der Waals surface area contributed by atoms with Gasteiger partial charge < -0.3 is 4.90 Å². The second-order valence-electron chi connectivity index (χ2n) is 5.02. The first-order valence-electron chi connectivity index (χ1n) is 6.84. The third-order valence-corrected chi connectivity index (χ3v) is 4.12. The van der Waals surface area contributed by atoms with E-state index >= 15 is 0 Å². The molecular formula is C15H16BrN3O. The molecule has 0 spiro atoms. The summed E-state index contributed by atoms with van der Waals surface area (Å²) >= 11 is 3.46. The fourth-order valence-corrected chi connectivity index (χ4v) is 2.98. The molecule has 0 bridgehead atoms. The van der Waals surface area contributed by atoms with Crippen molar-refractivity contribution in [2.24, 2.45) is 0 Å². The SMILES string of the molecule is O=C(c1cn[nH]c1-c1cccc(Br)c1)N1CCCCC1. The number of aromatic amines is 1. The van der Waals surface area contributed by atoms with Crippen molar-refractivity contribution in [2.45, 2.75) is 19.3 Å². The highest BCUT2D eigenvalue weighted by Gasteiger charge is 2.22. The number of benzene rings is 1. The number of amides is 1. The van der Waals surface area contributed by atoms with E-state index in [4.69, 9.17) is 0 Å². The maximum atomic E-state index is 12.6. The highest BCUT2D eigenvalue weighted by molar-refractivity contribution is 9.10. The van der Waals surface area contributed by atoms with Crippen molar-refractivity contribution < 1.29 is 4.79 Å². The van der Waals surface area contributed by atoms with E-state index in [1.165, 1.54) is 6.42 Å². The van der Waals surface area contributed by atoms with Crippen LogP contribution in [0.1, 0.15) is 29.6 Å². The molecule has 2 aromatic rings. The van der Waals surface area contributed by atoms with Crippen LogP contribution in [0.3, 0.4) is 0 Å². The van der Waals surface area contributed by atoms with Crippen LogP contribution in [0.5, 0.6) is 0 Å². The molecule has 1 saturated heterocycles. The summed E-state index contributed by atoms with van der Waals surface area (Å²) in [6.07, 6.45) is 5.03. The molecule has 4 nitrogen and oxygen atoms in total. The summed E-state index contributed by atoms with van der Waals surface area (Å²) in [5.41, 5.74) is 2.42. The first-order chi connectivity index (χ1) is 9.75. The number of rotatable bonds is 2. The lowest BCUT2D eigenvalue weighted by atomic mass is 10.1. The number of aromatic nitrogens is 2. The Morgan fingerprint density at radius 2 is 2.05 bits per heavy atom. The van der Waals surface area contributed by atoms with Gasteiger partial charge in [-0.3, -0.25) is 9.89 Å². The van der Waals surface area contributed by atoms with Crippen LogP contribution in [-0.4, -0.2) is 34.1 Å². The minimum absolute atomic E-state index is 0.0772. The molecule has 0 radical (unpaired) electrons. The summed E-state index contributed by atoms with van der Waals surface area (Å²) in [6.45, 7) is 1.70. The molecule has 1 aromatic heterocycles. The van der Waals surface area contributed by atoms with E-state index < -0.39 is 0 Å². The first-order valence-corrected chi connectivity index (χ1v) is 7.63. The maximum Gasteiger partial charge on any atom is 0.257 e. The van der Waals surface area contributed by atoms with Gasteiger partial charge in [-0.05, 0) is 31.4 Å². The Morgan fingerprint density at radius 1 is 1.25 bits per heavy atom. The molecule has 0 aliphatic carbocycles. The average Bonchev–Trinajstić information content (AvgIpc) is 2.97. The fourth-order valence-electron chi connectivity index (χ4n) is 2.58. The summed E-state index contributed by atoms with van der Waals surface area (Å²) < 4.78 is 0.987. The van der Waals surface area contributed by atoms with E-state index in [-0.39, 0.29) is 5.91 Å². The Labute approximate surface area is 126 Å². The fraction of sp³-hybridized carbons (Fsp3) is 0.333. The number of hydrogen-bond acceptors (Lipinski definition) is 2. The summed E-state index contributed by atoms with van der Waals surface area (Å²) in [7, 11) is 0. The zero-order chi connectivity index (χ0) is 13.9. The lowest BCUT2D eigenvalue weighted by Gasteiger charge is -2.26. The molecule has 0 atom stereocenters. The number of hydrogen-bond donors (Lipinski definition) is 1. The Hall–Kier alpha value is -1.62. The van der Waals surface area contributed by atoms with Gasteiger partial charge in [0, 0.05) is 23.1 Å². The van der Waals surface area contributed by atoms with Gasteiger partial charge in [-0.1, -0.05) is 28.1 Å². The first kappa shape index (κ1) is 13.4. The van der Waals surface area contributed by atoms with Gasteiger partial charge in [0.05, 0.1) is 17.5 Å². The molecular weight excluding hydrogens is 318 g/mol. The Kier molecular flexibility index (Phi) is 3.87. The Morgan fingerprint density at radius 3 is 2.80 bits per heavy atom. The lowest BCUT2D eigenvalue weighted by Crippen LogP contribution is -2.35. The highest BCUT2D eigenvalue weighted by Crippen LogP contribution is 2.25. The van der Waals surface area contributed by atoms with E-state index in [2.05, 4.69) is 26.1 Å². The van der Waals surface area contributed by atoms with Crippen molar-refractivity contribution in [3.63, 3.8) is 0 Å². The van der Waals surface area contributed by atoms with E-state index in [9.17, 15) is 4.79 Å². The van der Waals surface area contributed by atoms with E-state index in [0.29, 0.717) is 5.56 Å². The minimum Gasteiger partial charge on any atom is -0.339 e. The molecule has 1 N–H and O–H groups in total. The monoisotopic (exact) mass is 333 g/mol. The number of halogens is 1. The standard InChI is InChI=1S/C15H16BrN3O/c16-12-6-4-5-11(9-12)14-13(10-17-18-14)15(20)19-7-2-1-3-8-19/h4-6,9-10H,1-3,7-8H2,(H,17,18). The van der Waals surface area contributed by atoms with Gasteiger partial charge in [0.1, 0.15) is 0 Å². The van der Waals surface area contributed by atoms with Crippen LogP contribution in [0.25, 0.3) is 11.3 Å². The summed E-state index contributed by atoms with van der Waals surface area (Å²) in [6, 6.07) is 7.88. The Balaban J connectivity index is 1.91. The molecule has 1 aromatic carbocycles. The molecule has 1 fully saturated rings. The third kappa shape index (κ3) is 2.63. The zero-order valence-corrected chi connectivity index (χ0v) is 12.7. The second-order valence-corrected chi connectivity index (χ2v) is 5.94. The van der Waals surface area contributed by atoms with Crippen molar-refractivity contribution in [1.29, 1.82) is 0 Å². The smallest absolute Gasteiger partial charge is 0.257 e. The van der Waals surface area contributed by atoms with Crippen molar-refractivity contribution in [2.75, 3.05) is 13.1 Å². The summed E-state index contributed by atoms with van der Waals surface area (Å²) in [5, 5.41) is 7.01. The van der Waals surface area contributed by atoms with Gasteiger partial charge in [-0.25, -0.2) is 0 Å². The van der Waals surface area contributed by atoms with E-state index in [1.807, 2.05) is 29.2 Å². The van der Waals surface area contributed by atoms with Crippen molar-refractivity contribution in [3.8, 4) is 11.3 Å². The quantitative estimate of drug-likeness (QED) is 0.914.